The summed E-state index contributed by atoms with van der Waals surface area (Å²) in [6, 6.07) is 5.30. The van der Waals surface area contributed by atoms with E-state index in [0.717, 1.165) is 0 Å². The van der Waals surface area contributed by atoms with Gasteiger partial charge in [0, 0.05) is 12.7 Å². The highest BCUT2D eigenvalue weighted by molar-refractivity contribution is 5.16. The van der Waals surface area contributed by atoms with Crippen molar-refractivity contribution in [3.05, 3.63) is 35.6 Å². The molecule has 1 unspecified atom stereocenters. The Morgan fingerprint density at radius 2 is 1.91 bits per heavy atom. The van der Waals surface area contributed by atoms with E-state index in [1.54, 1.807) is 0 Å². The summed E-state index contributed by atoms with van der Waals surface area (Å²) >= 11 is 0. The first kappa shape index (κ1) is 8.17. The van der Waals surface area contributed by atoms with E-state index >= 15 is 0 Å². The van der Waals surface area contributed by atoms with E-state index in [1.807, 2.05) is 0 Å². The maximum absolute atomic E-state index is 12.3. The van der Waals surface area contributed by atoms with Gasteiger partial charge >= 0.3 is 0 Å². The van der Waals surface area contributed by atoms with Crippen molar-refractivity contribution in [2.75, 3.05) is 7.11 Å². The van der Waals surface area contributed by atoms with Gasteiger partial charge in [0.15, 0.2) is 0 Å². The standard InChI is InChI=1S/C8H8FO2/c1-11-8(10)6-2-4-7(9)5-3-6/h2-5,8H,1H3. The van der Waals surface area contributed by atoms with E-state index in [9.17, 15) is 9.50 Å². The topological polar surface area (TPSA) is 29.1 Å². The van der Waals surface area contributed by atoms with Gasteiger partial charge < -0.3 is 4.74 Å². The van der Waals surface area contributed by atoms with Crippen LogP contribution < -0.4 is 0 Å². The second-order valence-corrected chi connectivity index (χ2v) is 2.12. The van der Waals surface area contributed by atoms with Crippen LogP contribution >= 0.6 is 0 Å². The van der Waals surface area contributed by atoms with E-state index in [0.29, 0.717) is 5.56 Å². The zero-order chi connectivity index (χ0) is 8.27. The van der Waals surface area contributed by atoms with E-state index < -0.39 is 6.29 Å². The van der Waals surface area contributed by atoms with Gasteiger partial charge in [0.1, 0.15) is 5.82 Å². The predicted octanol–water partition coefficient (Wildman–Crippen LogP) is 1.90. The van der Waals surface area contributed by atoms with Crippen LogP contribution in [-0.4, -0.2) is 7.11 Å². The van der Waals surface area contributed by atoms with Crippen LogP contribution in [0, 0.1) is 5.82 Å². The molecule has 11 heavy (non-hydrogen) atoms. The summed E-state index contributed by atoms with van der Waals surface area (Å²) in [5, 5.41) is 10.9. The van der Waals surface area contributed by atoms with Crippen molar-refractivity contribution in [3.8, 4) is 0 Å². The van der Waals surface area contributed by atoms with Crippen molar-refractivity contribution >= 4 is 0 Å². The second-order valence-electron chi connectivity index (χ2n) is 2.12. The van der Waals surface area contributed by atoms with Gasteiger partial charge in [-0.2, -0.15) is 5.11 Å². The van der Waals surface area contributed by atoms with Gasteiger partial charge in [0.2, 0.25) is 6.29 Å². The number of benzene rings is 1. The third-order valence-corrected chi connectivity index (χ3v) is 1.36. The summed E-state index contributed by atoms with van der Waals surface area (Å²) in [4.78, 5) is 0. The van der Waals surface area contributed by atoms with Gasteiger partial charge in [0.25, 0.3) is 0 Å². The third-order valence-electron chi connectivity index (χ3n) is 1.36. The van der Waals surface area contributed by atoms with Crippen LogP contribution in [0.5, 0.6) is 0 Å². The van der Waals surface area contributed by atoms with Gasteiger partial charge in [-0.05, 0) is 12.1 Å². The van der Waals surface area contributed by atoms with Crippen LogP contribution in [0.1, 0.15) is 11.9 Å². The molecule has 3 heteroatoms. The van der Waals surface area contributed by atoms with Gasteiger partial charge in [-0.25, -0.2) is 4.39 Å². The minimum atomic E-state index is -1.21. The minimum Gasteiger partial charge on any atom is -0.349 e. The van der Waals surface area contributed by atoms with Crippen LogP contribution in [0.25, 0.3) is 0 Å². The Morgan fingerprint density at radius 3 is 2.36 bits per heavy atom. The SMILES string of the molecule is COC([O])c1ccc(F)cc1. The maximum atomic E-state index is 12.3. The normalized spacial score (nSPS) is 13.0. The van der Waals surface area contributed by atoms with Crippen LogP contribution in [0.3, 0.4) is 0 Å². The molecule has 0 saturated carbocycles. The molecular weight excluding hydrogens is 147 g/mol. The fourth-order valence-electron chi connectivity index (χ4n) is 0.756. The van der Waals surface area contributed by atoms with Gasteiger partial charge in [-0.15, -0.1) is 0 Å². The number of rotatable bonds is 2. The Morgan fingerprint density at radius 1 is 1.36 bits per heavy atom. The summed E-state index contributed by atoms with van der Waals surface area (Å²) in [7, 11) is 1.32. The first-order valence-electron chi connectivity index (χ1n) is 3.18. The lowest BCUT2D eigenvalue weighted by atomic mass is 10.2. The Kier molecular flexibility index (Phi) is 2.57. The van der Waals surface area contributed by atoms with Gasteiger partial charge in [-0.3, -0.25) is 0 Å². The van der Waals surface area contributed by atoms with Crippen molar-refractivity contribution in [2.24, 2.45) is 0 Å². The largest absolute Gasteiger partial charge is 0.349 e. The zero-order valence-corrected chi connectivity index (χ0v) is 6.08. The monoisotopic (exact) mass is 155 g/mol. The van der Waals surface area contributed by atoms with Crippen LogP contribution in [0.4, 0.5) is 4.39 Å². The molecule has 0 aliphatic rings. The molecule has 0 aliphatic carbocycles. The molecule has 1 aromatic carbocycles. The van der Waals surface area contributed by atoms with E-state index in [2.05, 4.69) is 4.74 Å². The molecule has 59 valence electrons. The molecule has 0 spiro atoms. The van der Waals surface area contributed by atoms with Gasteiger partial charge in [-0.1, -0.05) is 12.1 Å². The highest BCUT2D eigenvalue weighted by Gasteiger charge is 2.05. The minimum absolute atomic E-state index is 0.350. The maximum Gasteiger partial charge on any atom is 0.217 e. The molecule has 0 amide bonds. The summed E-state index contributed by atoms with van der Waals surface area (Å²) in [6.45, 7) is 0. The Bertz CT molecular complexity index is 220. The average molecular weight is 155 g/mol. The fraction of sp³-hybridized carbons (Fsp3) is 0.250. The molecule has 0 aliphatic heterocycles. The van der Waals surface area contributed by atoms with Crippen LogP contribution in [-0.2, 0) is 9.84 Å². The first-order valence-corrected chi connectivity index (χ1v) is 3.18. The predicted molar refractivity (Wildman–Crippen MR) is 36.8 cm³/mol. The number of methoxy groups -OCH3 is 1. The number of hydrogen-bond acceptors (Lipinski definition) is 1. The summed E-state index contributed by atoms with van der Waals surface area (Å²) < 4.78 is 16.8. The van der Waals surface area contributed by atoms with Crippen molar-refractivity contribution in [1.82, 2.24) is 0 Å². The number of ether oxygens (including phenoxy) is 1. The highest BCUT2D eigenvalue weighted by Crippen LogP contribution is 2.13. The molecule has 0 N–H and O–H groups in total. The molecule has 0 aromatic heterocycles. The molecule has 2 nitrogen and oxygen atoms in total. The number of halogens is 1. The molecule has 1 rings (SSSR count). The Balaban J connectivity index is 2.81. The zero-order valence-electron chi connectivity index (χ0n) is 6.08. The lowest BCUT2D eigenvalue weighted by molar-refractivity contribution is -0.123. The van der Waals surface area contributed by atoms with Crippen molar-refractivity contribution < 1.29 is 14.2 Å². The molecule has 1 atom stereocenters. The van der Waals surface area contributed by atoms with E-state index in [1.165, 1.54) is 31.4 Å². The number of hydrogen-bond donors (Lipinski definition) is 0. The molecular formula is C8H8FO2. The Hall–Kier alpha value is -0.930. The van der Waals surface area contributed by atoms with Crippen molar-refractivity contribution in [3.63, 3.8) is 0 Å². The quantitative estimate of drug-likeness (QED) is 0.599. The summed E-state index contributed by atoms with van der Waals surface area (Å²) in [5.41, 5.74) is 0.439. The summed E-state index contributed by atoms with van der Waals surface area (Å²) in [5.74, 6) is -0.350. The molecule has 0 fully saturated rings. The lowest BCUT2D eigenvalue weighted by Crippen LogP contribution is -1.96. The smallest absolute Gasteiger partial charge is 0.217 e. The highest BCUT2D eigenvalue weighted by atomic mass is 19.1. The molecule has 0 bridgehead atoms. The van der Waals surface area contributed by atoms with Crippen LogP contribution in [0.15, 0.2) is 24.3 Å². The van der Waals surface area contributed by atoms with Crippen molar-refractivity contribution in [2.45, 2.75) is 6.29 Å². The summed E-state index contributed by atoms with van der Waals surface area (Å²) in [6.07, 6.45) is -1.21. The fourth-order valence-corrected chi connectivity index (χ4v) is 0.756. The van der Waals surface area contributed by atoms with E-state index in [4.69, 9.17) is 0 Å². The van der Waals surface area contributed by atoms with Gasteiger partial charge in [0.05, 0.1) is 0 Å². The molecule has 1 radical (unpaired) electrons. The molecule has 0 heterocycles. The Labute approximate surface area is 64.2 Å². The van der Waals surface area contributed by atoms with E-state index in [-0.39, 0.29) is 5.82 Å². The van der Waals surface area contributed by atoms with Crippen molar-refractivity contribution in [1.29, 1.82) is 0 Å². The average Bonchev–Trinajstić information content (AvgIpc) is 2.05. The lowest BCUT2D eigenvalue weighted by Gasteiger charge is -2.04. The van der Waals surface area contributed by atoms with Crippen LogP contribution in [0.2, 0.25) is 0 Å². The molecule has 1 aromatic rings. The molecule has 0 saturated heterocycles. The third kappa shape index (κ3) is 2.00. The first-order chi connectivity index (χ1) is 5.24. The second kappa shape index (κ2) is 3.46.